The zero-order chi connectivity index (χ0) is 18.6. The van der Waals surface area contributed by atoms with Crippen molar-refractivity contribution in [1.29, 1.82) is 0 Å². The van der Waals surface area contributed by atoms with E-state index in [9.17, 15) is 24.9 Å². The first-order chi connectivity index (χ1) is 11.6. The zero-order valence-electron chi connectivity index (χ0n) is 15.0. The van der Waals surface area contributed by atoms with E-state index >= 15 is 0 Å². The molecule has 0 aromatic heterocycles. The first kappa shape index (κ1) is 18.1. The number of hydrogen-bond acceptors (Lipinski definition) is 4. The van der Waals surface area contributed by atoms with E-state index < -0.39 is 23.6 Å². The van der Waals surface area contributed by atoms with Gasteiger partial charge in [0.15, 0.2) is 5.78 Å². The van der Waals surface area contributed by atoms with Crippen molar-refractivity contribution in [3.63, 3.8) is 0 Å². The minimum atomic E-state index is -1.41. The van der Waals surface area contributed by atoms with Crippen LogP contribution in [0.25, 0.3) is 0 Å². The van der Waals surface area contributed by atoms with E-state index in [0.717, 1.165) is 18.4 Å². The molecule has 1 unspecified atom stereocenters. The lowest BCUT2D eigenvalue weighted by molar-refractivity contribution is -0.156. The molecule has 4 atom stereocenters. The van der Waals surface area contributed by atoms with Crippen LogP contribution in [0, 0.1) is 11.3 Å². The highest BCUT2D eigenvalue weighted by Crippen LogP contribution is 2.57. The van der Waals surface area contributed by atoms with Gasteiger partial charge < -0.3 is 15.3 Å². The third kappa shape index (κ3) is 2.52. The monoisotopic (exact) mass is 346 g/mol. The average molecular weight is 346 g/mol. The third-order valence-electron chi connectivity index (χ3n) is 6.67. The Labute approximate surface area is 147 Å². The summed E-state index contributed by atoms with van der Waals surface area (Å²) in [6.07, 6.45) is 2.44. The molecule has 0 amide bonds. The molecule has 1 fully saturated rings. The topological polar surface area (TPSA) is 94.8 Å². The molecule has 136 valence electrons. The number of aliphatic carboxylic acids is 1. The predicted molar refractivity (Wildman–Crippen MR) is 92.5 cm³/mol. The highest BCUT2D eigenvalue weighted by molar-refractivity contribution is 6.00. The first-order valence-corrected chi connectivity index (χ1v) is 8.81. The van der Waals surface area contributed by atoms with E-state index in [1.54, 1.807) is 19.1 Å². The van der Waals surface area contributed by atoms with E-state index in [0.29, 0.717) is 17.5 Å². The number of carboxylic acid groups (broad SMARTS) is 1. The Balaban J connectivity index is 2.15. The summed E-state index contributed by atoms with van der Waals surface area (Å²) >= 11 is 0. The summed E-state index contributed by atoms with van der Waals surface area (Å²) in [7, 11) is 0. The second-order valence-corrected chi connectivity index (χ2v) is 8.37. The molecule has 0 aliphatic heterocycles. The van der Waals surface area contributed by atoms with Crippen LogP contribution in [0.5, 0.6) is 0 Å². The SMILES string of the molecule is C[C@](O)(CO)c1ccc2c(c1)C(=O)CC1[C@@](C)(C(=O)O)CCC[C@]21C. The number of carbonyl (C=O) groups is 2. The maximum Gasteiger partial charge on any atom is 0.309 e. The van der Waals surface area contributed by atoms with Gasteiger partial charge in [-0.2, -0.15) is 0 Å². The molecule has 25 heavy (non-hydrogen) atoms. The highest BCUT2D eigenvalue weighted by atomic mass is 16.4. The minimum Gasteiger partial charge on any atom is -0.481 e. The van der Waals surface area contributed by atoms with Crippen LogP contribution >= 0.6 is 0 Å². The molecule has 2 aliphatic rings. The van der Waals surface area contributed by atoms with Gasteiger partial charge >= 0.3 is 5.97 Å². The molecule has 2 aliphatic carbocycles. The lowest BCUT2D eigenvalue weighted by atomic mass is 9.49. The van der Waals surface area contributed by atoms with Crippen molar-refractivity contribution in [3.8, 4) is 0 Å². The Kier molecular flexibility index (Phi) is 4.08. The maximum absolute atomic E-state index is 12.8. The Hall–Kier alpha value is -1.72. The van der Waals surface area contributed by atoms with Gasteiger partial charge in [-0.25, -0.2) is 0 Å². The van der Waals surface area contributed by atoms with Gasteiger partial charge in [-0.3, -0.25) is 9.59 Å². The molecule has 3 N–H and O–H groups in total. The van der Waals surface area contributed by atoms with Crippen molar-refractivity contribution in [3.05, 3.63) is 34.9 Å². The Bertz CT molecular complexity index is 738. The molecule has 5 heteroatoms. The van der Waals surface area contributed by atoms with Crippen LogP contribution < -0.4 is 0 Å². The molecule has 0 heterocycles. The van der Waals surface area contributed by atoms with Crippen LogP contribution in [0.3, 0.4) is 0 Å². The average Bonchev–Trinajstić information content (AvgIpc) is 2.56. The molecule has 0 bridgehead atoms. The molecular formula is C20H26O5. The molecule has 0 saturated heterocycles. The Morgan fingerprint density at radius 2 is 2.00 bits per heavy atom. The number of ketones is 1. The fourth-order valence-corrected chi connectivity index (χ4v) is 4.90. The zero-order valence-corrected chi connectivity index (χ0v) is 15.0. The lowest BCUT2D eigenvalue weighted by Crippen LogP contribution is -2.53. The predicted octanol–water partition coefficient (Wildman–Crippen LogP) is 2.62. The Morgan fingerprint density at radius 1 is 1.32 bits per heavy atom. The van der Waals surface area contributed by atoms with Crippen molar-refractivity contribution in [2.75, 3.05) is 6.61 Å². The van der Waals surface area contributed by atoms with Gasteiger partial charge in [-0.1, -0.05) is 25.5 Å². The highest BCUT2D eigenvalue weighted by Gasteiger charge is 2.56. The van der Waals surface area contributed by atoms with Crippen LogP contribution in [-0.4, -0.2) is 33.7 Å². The Morgan fingerprint density at radius 3 is 2.60 bits per heavy atom. The largest absolute Gasteiger partial charge is 0.481 e. The summed E-state index contributed by atoms with van der Waals surface area (Å²) in [5, 5.41) is 29.5. The van der Waals surface area contributed by atoms with E-state index in [-0.39, 0.29) is 23.5 Å². The van der Waals surface area contributed by atoms with E-state index in [1.165, 1.54) is 6.92 Å². The summed E-state index contributed by atoms with van der Waals surface area (Å²) in [5.74, 6) is -1.16. The van der Waals surface area contributed by atoms with Gasteiger partial charge in [-0.05, 0) is 55.2 Å². The number of carbonyl (C=O) groups excluding carboxylic acids is 1. The third-order valence-corrected chi connectivity index (χ3v) is 6.67. The van der Waals surface area contributed by atoms with Crippen molar-refractivity contribution in [2.24, 2.45) is 11.3 Å². The van der Waals surface area contributed by atoms with Crippen LogP contribution in [0.2, 0.25) is 0 Å². The number of rotatable bonds is 3. The van der Waals surface area contributed by atoms with E-state index in [1.807, 2.05) is 6.07 Å². The van der Waals surface area contributed by atoms with Gasteiger partial charge in [0.2, 0.25) is 0 Å². The second-order valence-electron chi connectivity index (χ2n) is 8.37. The van der Waals surface area contributed by atoms with Gasteiger partial charge in [0.05, 0.1) is 12.0 Å². The molecule has 1 aromatic carbocycles. The summed E-state index contributed by atoms with van der Waals surface area (Å²) in [4.78, 5) is 24.8. The number of fused-ring (bicyclic) bond motifs is 3. The fourth-order valence-electron chi connectivity index (χ4n) is 4.90. The van der Waals surface area contributed by atoms with Crippen LogP contribution in [0.4, 0.5) is 0 Å². The molecular weight excluding hydrogens is 320 g/mol. The minimum absolute atomic E-state index is 0.0811. The summed E-state index contributed by atoms with van der Waals surface area (Å²) in [6.45, 7) is 4.90. The number of aliphatic hydroxyl groups excluding tert-OH is 1. The summed E-state index contributed by atoms with van der Waals surface area (Å²) in [6, 6.07) is 5.25. The van der Waals surface area contributed by atoms with Gasteiger partial charge in [0, 0.05) is 12.0 Å². The molecule has 1 aromatic rings. The first-order valence-electron chi connectivity index (χ1n) is 8.81. The second kappa shape index (κ2) is 5.64. The molecule has 5 nitrogen and oxygen atoms in total. The van der Waals surface area contributed by atoms with E-state index in [2.05, 4.69) is 6.92 Å². The van der Waals surface area contributed by atoms with Crippen molar-refractivity contribution in [2.45, 2.75) is 57.5 Å². The van der Waals surface area contributed by atoms with Gasteiger partial charge in [0.25, 0.3) is 0 Å². The van der Waals surface area contributed by atoms with Gasteiger partial charge in [-0.15, -0.1) is 0 Å². The molecule has 1 saturated carbocycles. The van der Waals surface area contributed by atoms with Gasteiger partial charge in [0.1, 0.15) is 5.60 Å². The number of hydrogen-bond donors (Lipinski definition) is 3. The maximum atomic E-state index is 12.8. The van der Waals surface area contributed by atoms with Crippen molar-refractivity contribution < 1.29 is 24.9 Å². The van der Waals surface area contributed by atoms with Crippen molar-refractivity contribution in [1.82, 2.24) is 0 Å². The summed E-state index contributed by atoms with van der Waals surface area (Å²) < 4.78 is 0. The number of aliphatic hydroxyl groups is 2. The smallest absolute Gasteiger partial charge is 0.309 e. The number of Topliss-reactive ketones (excluding diaryl/α,β-unsaturated/α-hetero) is 1. The molecule has 0 spiro atoms. The van der Waals surface area contributed by atoms with Crippen LogP contribution in [-0.2, 0) is 15.8 Å². The molecule has 0 radical (unpaired) electrons. The fraction of sp³-hybridized carbons (Fsp3) is 0.600. The lowest BCUT2D eigenvalue weighted by Gasteiger charge is -2.53. The van der Waals surface area contributed by atoms with Crippen LogP contribution in [0.1, 0.15) is 67.9 Å². The summed E-state index contributed by atoms with van der Waals surface area (Å²) in [5.41, 5.74) is -0.762. The van der Waals surface area contributed by atoms with Crippen molar-refractivity contribution >= 4 is 11.8 Å². The normalized spacial score (nSPS) is 34.0. The number of carboxylic acids is 1. The quantitative estimate of drug-likeness (QED) is 0.782. The standard InChI is InChI=1S/C20H26O5/c1-18-7-4-8-19(2,17(23)24)16(18)10-15(22)13-9-12(5-6-14(13)18)20(3,25)11-21/h5-6,9,16,21,25H,4,7-8,10-11H2,1-3H3,(H,23,24)/t16?,18-,19+,20+/m1/s1. The van der Waals surface area contributed by atoms with Crippen LogP contribution in [0.15, 0.2) is 18.2 Å². The molecule has 3 rings (SSSR count). The van der Waals surface area contributed by atoms with E-state index in [4.69, 9.17) is 0 Å². The number of benzene rings is 1.